The Balaban J connectivity index is 2.24. The van der Waals surface area contributed by atoms with Crippen molar-refractivity contribution in [2.75, 3.05) is 0 Å². The van der Waals surface area contributed by atoms with E-state index in [0.29, 0.717) is 16.5 Å². The van der Waals surface area contributed by atoms with Crippen LogP contribution < -0.4 is 0 Å². The van der Waals surface area contributed by atoms with Crippen molar-refractivity contribution in [3.63, 3.8) is 0 Å². The van der Waals surface area contributed by atoms with Gasteiger partial charge in [0.15, 0.2) is 0 Å². The van der Waals surface area contributed by atoms with E-state index in [1.807, 2.05) is 0 Å². The van der Waals surface area contributed by atoms with Crippen molar-refractivity contribution in [3.05, 3.63) is 69.5 Å². The molecule has 19 heavy (non-hydrogen) atoms. The highest BCUT2D eigenvalue weighted by molar-refractivity contribution is 6.35. The van der Waals surface area contributed by atoms with Gasteiger partial charge in [0.2, 0.25) is 0 Å². The fourth-order valence-electron chi connectivity index (χ4n) is 1.84. The second-order valence-electron chi connectivity index (χ2n) is 4.17. The molecule has 0 saturated heterocycles. The topological polar surface area (TPSA) is 23.8 Å². The average molecular weight is 294 g/mol. The summed E-state index contributed by atoms with van der Waals surface area (Å²) in [5, 5.41) is 10.3. The van der Waals surface area contributed by atoms with Gasteiger partial charge in [0.05, 0.1) is 12.0 Å². The Morgan fingerprint density at radius 2 is 1.79 bits per heavy atom. The van der Waals surface area contributed by atoms with Crippen molar-refractivity contribution >= 4 is 23.2 Å². The molecular weight excluding hydrogens is 284 g/mol. The van der Waals surface area contributed by atoms with Gasteiger partial charge in [-0.15, -0.1) is 0 Å². The van der Waals surface area contributed by atoms with Gasteiger partial charge in [-0.05, 0) is 41.8 Å². The molecule has 1 atom stereocenters. The Morgan fingerprint density at radius 3 is 2.37 bits per heavy atom. The molecule has 2 aromatic rings. The predicted molar refractivity (Wildman–Crippen MR) is 74.9 cm³/mol. The van der Waals surface area contributed by atoms with Gasteiger partial charge in [0.1, 0.15) is 5.82 Å². The fraction of sp³-hybridized carbons (Fsp3) is 0.133. The number of benzene rings is 2. The van der Waals surface area contributed by atoms with Crippen LogP contribution in [0.1, 0.15) is 17.0 Å². The molecule has 0 aliphatic heterocycles. The molecule has 96 valence electrons. The molecule has 0 aromatic heterocycles. The van der Waals surface area contributed by atoms with Crippen LogP contribution in [0.15, 0.2) is 42.5 Å². The Kier molecular flexibility index (Phi) is 4.42. The first kappa shape index (κ1) is 13.9. The summed E-state index contributed by atoms with van der Waals surface area (Å²) in [6.45, 7) is 0. The molecule has 0 amide bonds. The minimum absolute atomic E-state index is 0.315. The molecule has 2 rings (SSSR count). The zero-order valence-electron chi connectivity index (χ0n) is 9.91. The third-order valence-corrected chi connectivity index (χ3v) is 3.45. The van der Waals surface area contributed by atoms with Crippen molar-refractivity contribution < 1.29 is 4.39 Å². The maximum absolute atomic E-state index is 12.9. The summed E-state index contributed by atoms with van der Waals surface area (Å²) in [5.74, 6) is -0.677. The Hall–Kier alpha value is -1.56. The molecule has 0 fully saturated rings. The summed E-state index contributed by atoms with van der Waals surface area (Å²) < 4.78 is 12.9. The van der Waals surface area contributed by atoms with E-state index in [9.17, 15) is 9.65 Å². The zero-order valence-corrected chi connectivity index (χ0v) is 11.4. The van der Waals surface area contributed by atoms with Gasteiger partial charge >= 0.3 is 0 Å². The van der Waals surface area contributed by atoms with Crippen molar-refractivity contribution in [2.45, 2.75) is 12.3 Å². The molecule has 0 radical (unpaired) electrons. The summed E-state index contributed by atoms with van der Waals surface area (Å²) in [7, 11) is 0. The summed E-state index contributed by atoms with van der Waals surface area (Å²) in [5.41, 5.74) is 1.62. The lowest BCUT2D eigenvalue weighted by Crippen LogP contribution is -2.01. The second kappa shape index (κ2) is 6.06. The Morgan fingerprint density at radius 1 is 1.11 bits per heavy atom. The highest BCUT2D eigenvalue weighted by atomic mass is 35.5. The number of hydrogen-bond donors (Lipinski definition) is 0. The highest BCUT2D eigenvalue weighted by Gasteiger charge is 2.13. The number of halogens is 3. The molecule has 0 aliphatic carbocycles. The van der Waals surface area contributed by atoms with E-state index in [4.69, 9.17) is 23.2 Å². The minimum atomic E-state index is -0.362. The van der Waals surface area contributed by atoms with E-state index in [2.05, 4.69) is 6.07 Å². The molecule has 0 bridgehead atoms. The molecule has 0 spiro atoms. The maximum Gasteiger partial charge on any atom is 0.123 e. The number of nitrogens with zero attached hydrogens (tertiary/aromatic N) is 1. The monoisotopic (exact) mass is 293 g/mol. The Labute approximate surface area is 121 Å². The average Bonchev–Trinajstić information content (AvgIpc) is 2.39. The summed E-state index contributed by atoms with van der Waals surface area (Å²) in [4.78, 5) is 0. The van der Waals surface area contributed by atoms with Crippen LogP contribution in [0.25, 0.3) is 0 Å². The first-order chi connectivity index (χ1) is 9.10. The molecule has 1 unspecified atom stereocenters. The van der Waals surface area contributed by atoms with E-state index in [1.165, 1.54) is 12.1 Å². The fourth-order valence-corrected chi connectivity index (χ4v) is 2.33. The first-order valence-corrected chi connectivity index (χ1v) is 6.45. The van der Waals surface area contributed by atoms with Crippen molar-refractivity contribution in [2.24, 2.45) is 0 Å². The SMILES string of the molecule is N#CC(Cc1ccc(Cl)cc1Cl)c1ccc(F)cc1. The quantitative estimate of drug-likeness (QED) is 0.783. The smallest absolute Gasteiger partial charge is 0.123 e. The van der Waals surface area contributed by atoms with Crippen LogP contribution in [0.4, 0.5) is 4.39 Å². The van der Waals surface area contributed by atoms with Gasteiger partial charge in [-0.25, -0.2) is 4.39 Å². The van der Waals surface area contributed by atoms with Gasteiger partial charge in [0.25, 0.3) is 0 Å². The molecule has 2 aromatic carbocycles. The van der Waals surface area contributed by atoms with Crippen LogP contribution in [0, 0.1) is 17.1 Å². The normalized spacial score (nSPS) is 11.9. The van der Waals surface area contributed by atoms with Gasteiger partial charge in [0, 0.05) is 10.0 Å². The van der Waals surface area contributed by atoms with E-state index in [1.54, 1.807) is 30.3 Å². The standard InChI is InChI=1S/C15H10Cl2FN/c16-13-4-1-11(15(17)8-13)7-12(9-19)10-2-5-14(18)6-3-10/h1-6,8,12H,7H2. The molecule has 0 aliphatic rings. The minimum Gasteiger partial charge on any atom is -0.207 e. The van der Waals surface area contributed by atoms with Crippen molar-refractivity contribution in [3.8, 4) is 6.07 Å². The highest BCUT2D eigenvalue weighted by Crippen LogP contribution is 2.27. The second-order valence-corrected chi connectivity index (χ2v) is 5.02. The molecule has 0 saturated carbocycles. The third-order valence-electron chi connectivity index (χ3n) is 2.87. The summed E-state index contributed by atoms with van der Waals surface area (Å²) in [6, 6.07) is 13.3. The number of nitriles is 1. The molecular formula is C15H10Cl2FN. The van der Waals surface area contributed by atoms with Gasteiger partial charge in [-0.3, -0.25) is 0 Å². The maximum atomic E-state index is 12.9. The summed E-state index contributed by atoms with van der Waals surface area (Å²) >= 11 is 11.9. The predicted octanol–water partition coefficient (Wildman–Crippen LogP) is 4.98. The van der Waals surface area contributed by atoms with Crippen molar-refractivity contribution in [1.29, 1.82) is 5.26 Å². The Bertz CT molecular complexity index is 617. The van der Waals surface area contributed by atoms with E-state index >= 15 is 0 Å². The van der Waals surface area contributed by atoms with E-state index < -0.39 is 0 Å². The molecule has 0 N–H and O–H groups in total. The lowest BCUT2D eigenvalue weighted by Gasteiger charge is -2.11. The van der Waals surface area contributed by atoms with Gasteiger partial charge in [-0.2, -0.15) is 5.26 Å². The molecule has 1 nitrogen and oxygen atoms in total. The number of rotatable bonds is 3. The van der Waals surface area contributed by atoms with E-state index in [0.717, 1.165) is 11.1 Å². The summed E-state index contributed by atoms with van der Waals surface area (Å²) in [6.07, 6.45) is 0.470. The van der Waals surface area contributed by atoms with Crippen LogP contribution in [0.5, 0.6) is 0 Å². The third kappa shape index (κ3) is 3.47. The number of hydrogen-bond acceptors (Lipinski definition) is 1. The van der Waals surface area contributed by atoms with E-state index in [-0.39, 0.29) is 11.7 Å². The van der Waals surface area contributed by atoms with Crippen LogP contribution >= 0.6 is 23.2 Å². The van der Waals surface area contributed by atoms with Crippen LogP contribution in [-0.4, -0.2) is 0 Å². The lowest BCUT2D eigenvalue weighted by molar-refractivity contribution is 0.626. The molecule has 4 heteroatoms. The first-order valence-electron chi connectivity index (χ1n) is 5.69. The molecule has 0 heterocycles. The van der Waals surface area contributed by atoms with Crippen LogP contribution in [-0.2, 0) is 6.42 Å². The van der Waals surface area contributed by atoms with Gasteiger partial charge < -0.3 is 0 Å². The zero-order chi connectivity index (χ0) is 13.8. The largest absolute Gasteiger partial charge is 0.207 e. The van der Waals surface area contributed by atoms with Gasteiger partial charge in [-0.1, -0.05) is 41.4 Å². The van der Waals surface area contributed by atoms with Crippen molar-refractivity contribution in [1.82, 2.24) is 0 Å². The lowest BCUT2D eigenvalue weighted by atomic mass is 9.93. The van der Waals surface area contributed by atoms with Crippen LogP contribution in [0.3, 0.4) is 0 Å². The van der Waals surface area contributed by atoms with Crippen LogP contribution in [0.2, 0.25) is 10.0 Å².